The van der Waals surface area contributed by atoms with Gasteiger partial charge in [0.15, 0.2) is 0 Å². The summed E-state index contributed by atoms with van der Waals surface area (Å²) in [6.07, 6.45) is 1.97. The molecule has 0 radical (unpaired) electrons. The van der Waals surface area contributed by atoms with E-state index in [9.17, 15) is 0 Å². The maximum absolute atomic E-state index is 5.16. The van der Waals surface area contributed by atoms with Crippen LogP contribution in [-0.2, 0) is 48.1 Å². The molecule has 0 aliphatic carbocycles. The maximum Gasteiger partial charge on any atom is 0.135 e. The minimum absolute atomic E-state index is 0. The standard InChI is InChI=1S/C70H67N4.Pt/c1-66(2,3)48-33-35-49(36-34-48)69(10,11)52-39-40-71-65(46-52)74-61-30-19-18-29-59(61)60-38-37-54(45-64(60)74)70(50-23-14-12-15-24-50,51-25-16-13-17-26-51)53-27-22-28-57(42-53)72-47-73(63-32-21-20-31-62(63)72)58-43-55(67(4,5)6)41-56(44-58)68(7,8)9;/h12-41,43-44,46-47H,1-11H3;/q-3;. The molecule has 0 spiro atoms. The van der Waals surface area contributed by atoms with Crippen LogP contribution < -0.4 is 9.80 Å². The second-order valence-electron chi connectivity index (χ2n) is 23.9. The second kappa shape index (κ2) is 19.3. The molecule has 0 saturated carbocycles. The van der Waals surface area contributed by atoms with Crippen molar-refractivity contribution in [2.75, 3.05) is 9.80 Å². The van der Waals surface area contributed by atoms with Crippen molar-refractivity contribution < 1.29 is 21.1 Å². The van der Waals surface area contributed by atoms with Gasteiger partial charge >= 0.3 is 0 Å². The van der Waals surface area contributed by atoms with Crippen LogP contribution in [0.2, 0.25) is 0 Å². The Kier molecular flexibility index (Phi) is 13.2. The van der Waals surface area contributed by atoms with E-state index in [1.165, 1.54) is 27.8 Å². The average molecular weight is 1160 g/mol. The Bertz CT molecular complexity index is 3610. The fourth-order valence-electron chi connectivity index (χ4n) is 11.1. The van der Waals surface area contributed by atoms with Crippen molar-refractivity contribution in [3.63, 3.8) is 0 Å². The first kappa shape index (κ1) is 51.5. The maximum atomic E-state index is 5.16. The van der Waals surface area contributed by atoms with E-state index in [0.717, 1.165) is 72.6 Å². The Balaban J connectivity index is 0.00000641. The number of rotatable bonds is 9. The van der Waals surface area contributed by atoms with Crippen molar-refractivity contribution in [3.8, 4) is 5.82 Å². The van der Waals surface area contributed by atoms with Crippen molar-refractivity contribution in [2.45, 2.75) is 103 Å². The van der Waals surface area contributed by atoms with Crippen LogP contribution in [0.3, 0.4) is 0 Å². The molecular weight excluding hydrogens is 1090 g/mol. The summed E-state index contributed by atoms with van der Waals surface area (Å²) < 4.78 is 2.32. The van der Waals surface area contributed by atoms with Crippen LogP contribution in [-0.4, -0.2) is 9.55 Å². The average Bonchev–Trinajstić information content (AvgIpc) is 3.95. The molecule has 2 aromatic heterocycles. The van der Waals surface area contributed by atoms with Gasteiger partial charge in [0.2, 0.25) is 0 Å². The second-order valence-corrected chi connectivity index (χ2v) is 23.9. The first-order chi connectivity index (χ1) is 35.3. The molecule has 8 aromatic carbocycles. The van der Waals surface area contributed by atoms with Gasteiger partial charge < -0.3 is 14.4 Å². The van der Waals surface area contributed by atoms with E-state index < -0.39 is 5.41 Å². The zero-order valence-corrected chi connectivity index (χ0v) is 47.5. The number of nitrogens with zero attached hydrogens (tertiary/aromatic N) is 4. The Morgan fingerprint density at radius 2 is 0.960 bits per heavy atom. The van der Waals surface area contributed by atoms with Gasteiger partial charge in [-0.05, 0) is 103 Å². The predicted molar refractivity (Wildman–Crippen MR) is 311 cm³/mol. The number of benzene rings is 8. The monoisotopic (exact) mass is 1160 g/mol. The van der Waals surface area contributed by atoms with Crippen molar-refractivity contribution >= 4 is 44.6 Å². The number of hydrogen-bond donors (Lipinski definition) is 0. The molecule has 3 heterocycles. The number of anilines is 4. The van der Waals surface area contributed by atoms with Gasteiger partial charge in [0.05, 0.1) is 0 Å². The summed E-state index contributed by atoms with van der Waals surface area (Å²) in [6.45, 7) is 27.5. The van der Waals surface area contributed by atoms with E-state index in [2.05, 4.69) is 303 Å². The van der Waals surface area contributed by atoms with Crippen LogP contribution >= 0.6 is 0 Å². The molecule has 0 amide bonds. The normalized spacial score (nSPS) is 13.3. The molecule has 0 fully saturated rings. The molecule has 380 valence electrons. The summed E-state index contributed by atoms with van der Waals surface area (Å²) >= 11 is 0. The van der Waals surface area contributed by atoms with Gasteiger partial charge in [-0.1, -0.05) is 203 Å². The molecule has 0 saturated heterocycles. The molecular formula is C70H67N4Pt-3. The summed E-state index contributed by atoms with van der Waals surface area (Å²) in [4.78, 5) is 9.83. The Labute approximate surface area is 460 Å². The third-order valence-electron chi connectivity index (χ3n) is 15.6. The quantitative estimate of drug-likeness (QED) is 0.106. The van der Waals surface area contributed by atoms with Gasteiger partial charge in [-0.25, -0.2) is 4.98 Å². The summed E-state index contributed by atoms with van der Waals surface area (Å²) in [5.41, 5.74) is 16.0. The van der Waals surface area contributed by atoms with Gasteiger partial charge in [-0.15, -0.1) is 28.9 Å². The molecule has 5 heteroatoms. The summed E-state index contributed by atoms with van der Waals surface area (Å²) in [7, 11) is 0. The topological polar surface area (TPSA) is 24.3 Å². The molecule has 1 aliphatic heterocycles. The number of hydrogen-bond acceptors (Lipinski definition) is 3. The van der Waals surface area contributed by atoms with Gasteiger partial charge in [0, 0.05) is 60.7 Å². The molecule has 75 heavy (non-hydrogen) atoms. The van der Waals surface area contributed by atoms with Gasteiger partial charge in [-0.3, -0.25) is 0 Å². The SMILES string of the molecule is CC(C)(C)c1ccc(C(C)(C)c2ccnc(-n3c4[c-]c(C(c5[c-]c(N6[CH-]N(c7cc(C(C)(C)C)cc(C(C)(C)C)c7)c7ccccc76)ccc5)(c5ccccc5)c5ccccc5)ccc4c4ccccc43)c2)cc1.[Pt]. The van der Waals surface area contributed by atoms with Crippen LogP contribution in [0.25, 0.3) is 27.6 Å². The summed E-state index contributed by atoms with van der Waals surface area (Å²) in [5, 5.41) is 2.28. The molecule has 0 atom stereocenters. The van der Waals surface area contributed by atoms with Crippen LogP contribution in [0.1, 0.15) is 126 Å². The zero-order chi connectivity index (χ0) is 51.8. The van der Waals surface area contributed by atoms with Gasteiger partial charge in [0.1, 0.15) is 5.82 Å². The molecule has 0 unspecified atom stereocenters. The van der Waals surface area contributed by atoms with Gasteiger partial charge in [0.25, 0.3) is 0 Å². The third kappa shape index (κ3) is 9.14. The molecule has 10 aromatic rings. The van der Waals surface area contributed by atoms with E-state index in [0.29, 0.717) is 0 Å². The fourth-order valence-corrected chi connectivity index (χ4v) is 11.1. The van der Waals surface area contributed by atoms with E-state index in [1.54, 1.807) is 0 Å². The fraction of sp³-hybridized carbons (Fsp3) is 0.229. The largest absolute Gasteiger partial charge is 0.493 e. The minimum Gasteiger partial charge on any atom is -0.493 e. The molecule has 0 N–H and O–H groups in total. The van der Waals surface area contributed by atoms with Crippen molar-refractivity contribution in [1.82, 2.24) is 9.55 Å². The smallest absolute Gasteiger partial charge is 0.135 e. The predicted octanol–water partition coefficient (Wildman–Crippen LogP) is 17.8. The number of aromatic nitrogens is 2. The first-order valence-electron chi connectivity index (χ1n) is 26.2. The van der Waals surface area contributed by atoms with Crippen LogP contribution in [0, 0.1) is 18.8 Å². The zero-order valence-electron chi connectivity index (χ0n) is 45.2. The van der Waals surface area contributed by atoms with Crippen molar-refractivity contribution in [3.05, 3.63) is 269 Å². The summed E-state index contributed by atoms with van der Waals surface area (Å²) in [5.74, 6) is 0.857. The van der Waals surface area contributed by atoms with E-state index >= 15 is 0 Å². The van der Waals surface area contributed by atoms with E-state index in [-0.39, 0.29) is 42.7 Å². The van der Waals surface area contributed by atoms with Crippen LogP contribution in [0.15, 0.2) is 200 Å². The Hall–Kier alpha value is -7.00. The Morgan fingerprint density at radius 1 is 0.413 bits per heavy atom. The molecule has 11 rings (SSSR count). The number of fused-ring (bicyclic) bond motifs is 4. The Morgan fingerprint density at radius 3 is 1.57 bits per heavy atom. The third-order valence-corrected chi connectivity index (χ3v) is 15.6. The van der Waals surface area contributed by atoms with Gasteiger partial charge in [-0.2, -0.15) is 42.5 Å². The van der Waals surface area contributed by atoms with Crippen LogP contribution in [0.4, 0.5) is 22.7 Å². The number of para-hydroxylation sites is 3. The van der Waals surface area contributed by atoms with E-state index in [4.69, 9.17) is 4.98 Å². The van der Waals surface area contributed by atoms with E-state index in [1.807, 2.05) is 6.20 Å². The van der Waals surface area contributed by atoms with Crippen molar-refractivity contribution in [2.24, 2.45) is 0 Å². The molecule has 1 aliphatic rings. The van der Waals surface area contributed by atoms with Crippen molar-refractivity contribution in [1.29, 1.82) is 0 Å². The minimum atomic E-state index is -0.841. The summed E-state index contributed by atoms with van der Waals surface area (Å²) in [6, 6.07) is 79.5. The van der Waals surface area contributed by atoms with Crippen LogP contribution in [0.5, 0.6) is 0 Å². The number of pyridine rings is 1. The first-order valence-corrected chi connectivity index (χ1v) is 26.2. The molecule has 4 nitrogen and oxygen atoms in total. The molecule has 0 bridgehead atoms.